The minimum Gasteiger partial charge on any atom is -0.369 e. The van der Waals surface area contributed by atoms with Crippen LogP contribution >= 0.6 is 11.8 Å². The van der Waals surface area contributed by atoms with Gasteiger partial charge in [-0.25, -0.2) is 0 Å². The maximum absolute atomic E-state index is 6.19. The van der Waals surface area contributed by atoms with Gasteiger partial charge in [0.15, 0.2) is 0 Å². The van der Waals surface area contributed by atoms with E-state index in [1.807, 2.05) is 11.8 Å². The lowest BCUT2D eigenvalue weighted by molar-refractivity contribution is 0.241. The molecule has 1 aromatic rings. The van der Waals surface area contributed by atoms with E-state index in [0.29, 0.717) is 6.04 Å². The van der Waals surface area contributed by atoms with Crippen molar-refractivity contribution in [3.05, 3.63) is 29.8 Å². The number of anilines is 1. The molecule has 0 aliphatic carbocycles. The molecule has 0 saturated carbocycles. The van der Waals surface area contributed by atoms with Gasteiger partial charge in [0.2, 0.25) is 0 Å². The first-order valence-electron chi connectivity index (χ1n) is 7.47. The van der Waals surface area contributed by atoms with Gasteiger partial charge >= 0.3 is 0 Å². The fourth-order valence-corrected chi connectivity index (χ4v) is 3.24. The smallest absolute Gasteiger partial charge is 0.0369 e. The summed E-state index contributed by atoms with van der Waals surface area (Å²) >= 11 is 1.88. The number of thioether (sulfide) groups is 1. The normalized spacial score (nSPS) is 18.2. The maximum atomic E-state index is 6.19. The van der Waals surface area contributed by atoms with Gasteiger partial charge in [-0.1, -0.05) is 12.1 Å². The third-order valence-electron chi connectivity index (χ3n) is 3.92. The van der Waals surface area contributed by atoms with Crippen molar-refractivity contribution < 1.29 is 0 Å². The molecular formula is C16H27N3S. The monoisotopic (exact) mass is 293 g/mol. The van der Waals surface area contributed by atoms with Crippen molar-refractivity contribution in [2.24, 2.45) is 5.73 Å². The lowest BCUT2D eigenvalue weighted by Crippen LogP contribution is -2.50. The Morgan fingerprint density at radius 3 is 2.65 bits per heavy atom. The average Bonchev–Trinajstić information content (AvgIpc) is 2.46. The molecule has 0 unspecified atom stereocenters. The Hall–Kier alpha value is -0.710. The first-order chi connectivity index (χ1) is 9.69. The fraction of sp³-hybridized carbons (Fsp3) is 0.625. The third kappa shape index (κ3) is 4.69. The number of piperazine rings is 1. The van der Waals surface area contributed by atoms with E-state index in [2.05, 4.69) is 47.2 Å². The standard InChI is InChI=1S/C16H27N3S/c1-14-4-3-5-16(12-14)19-9-7-18(8-10-19)13-15(17)6-11-20-2/h3-5,12,15H,6-11,13,17H2,1-2H3/t15-/m0/s1. The number of benzene rings is 1. The Morgan fingerprint density at radius 1 is 1.25 bits per heavy atom. The molecule has 1 aliphatic heterocycles. The highest BCUT2D eigenvalue weighted by Gasteiger charge is 2.18. The number of rotatable bonds is 6. The lowest BCUT2D eigenvalue weighted by atomic mass is 10.1. The maximum Gasteiger partial charge on any atom is 0.0369 e. The zero-order chi connectivity index (χ0) is 14.4. The van der Waals surface area contributed by atoms with Crippen LogP contribution in [0.4, 0.5) is 5.69 Å². The Balaban J connectivity index is 1.77. The van der Waals surface area contributed by atoms with Gasteiger partial charge in [-0.2, -0.15) is 11.8 Å². The fourth-order valence-electron chi connectivity index (χ4n) is 2.71. The highest BCUT2D eigenvalue weighted by Crippen LogP contribution is 2.17. The molecule has 112 valence electrons. The van der Waals surface area contributed by atoms with Crippen molar-refractivity contribution >= 4 is 17.4 Å². The molecule has 2 rings (SSSR count). The van der Waals surface area contributed by atoms with Crippen molar-refractivity contribution in [3.8, 4) is 0 Å². The minimum absolute atomic E-state index is 0.327. The summed E-state index contributed by atoms with van der Waals surface area (Å²) in [6.07, 6.45) is 3.27. The van der Waals surface area contributed by atoms with Crippen molar-refractivity contribution in [1.29, 1.82) is 0 Å². The van der Waals surface area contributed by atoms with E-state index in [9.17, 15) is 0 Å². The molecular weight excluding hydrogens is 266 g/mol. The summed E-state index contributed by atoms with van der Waals surface area (Å²) in [5, 5.41) is 0. The SMILES string of the molecule is CSCC[C@H](N)CN1CCN(c2cccc(C)c2)CC1. The van der Waals surface area contributed by atoms with Gasteiger partial charge in [0, 0.05) is 44.5 Å². The molecule has 1 aromatic carbocycles. The molecule has 1 atom stereocenters. The Morgan fingerprint density at radius 2 is 2.00 bits per heavy atom. The molecule has 1 fully saturated rings. The molecule has 2 N–H and O–H groups in total. The Bertz CT molecular complexity index is 402. The number of hydrogen-bond donors (Lipinski definition) is 1. The molecule has 0 spiro atoms. The highest BCUT2D eigenvalue weighted by molar-refractivity contribution is 7.98. The number of hydrogen-bond acceptors (Lipinski definition) is 4. The Kier molecular flexibility index (Phi) is 6.20. The molecule has 1 heterocycles. The number of aryl methyl sites for hydroxylation is 1. The van der Waals surface area contributed by atoms with Crippen LogP contribution in [0.2, 0.25) is 0 Å². The first-order valence-corrected chi connectivity index (χ1v) is 8.87. The van der Waals surface area contributed by atoms with Gasteiger partial charge in [-0.15, -0.1) is 0 Å². The second kappa shape index (κ2) is 7.91. The van der Waals surface area contributed by atoms with Crippen molar-refractivity contribution in [1.82, 2.24) is 4.90 Å². The predicted molar refractivity (Wildman–Crippen MR) is 90.8 cm³/mol. The molecule has 1 saturated heterocycles. The van der Waals surface area contributed by atoms with Gasteiger partial charge in [0.1, 0.15) is 0 Å². The molecule has 0 radical (unpaired) electrons. The minimum atomic E-state index is 0.327. The molecule has 4 heteroatoms. The van der Waals surface area contributed by atoms with E-state index in [4.69, 9.17) is 5.73 Å². The summed E-state index contributed by atoms with van der Waals surface area (Å²) in [4.78, 5) is 4.99. The summed E-state index contributed by atoms with van der Waals surface area (Å²) in [6, 6.07) is 9.13. The van der Waals surface area contributed by atoms with E-state index >= 15 is 0 Å². The number of nitrogens with two attached hydrogens (primary N) is 1. The van der Waals surface area contributed by atoms with Crippen LogP contribution < -0.4 is 10.6 Å². The quantitative estimate of drug-likeness (QED) is 0.871. The predicted octanol–water partition coefficient (Wildman–Crippen LogP) is 2.20. The summed E-state index contributed by atoms with van der Waals surface area (Å²) in [6.45, 7) is 7.67. The van der Waals surface area contributed by atoms with E-state index in [0.717, 1.165) is 39.1 Å². The second-order valence-electron chi connectivity index (χ2n) is 5.67. The van der Waals surface area contributed by atoms with Gasteiger partial charge in [0.05, 0.1) is 0 Å². The van der Waals surface area contributed by atoms with Gasteiger partial charge in [-0.05, 0) is 43.0 Å². The largest absolute Gasteiger partial charge is 0.369 e. The summed E-state index contributed by atoms with van der Waals surface area (Å²) in [5.74, 6) is 1.17. The summed E-state index contributed by atoms with van der Waals surface area (Å²) in [5.41, 5.74) is 8.88. The van der Waals surface area contributed by atoms with Gasteiger partial charge < -0.3 is 10.6 Å². The molecule has 3 nitrogen and oxygen atoms in total. The van der Waals surface area contributed by atoms with Crippen LogP contribution in [0.1, 0.15) is 12.0 Å². The second-order valence-corrected chi connectivity index (χ2v) is 6.65. The number of nitrogens with zero attached hydrogens (tertiary/aromatic N) is 2. The molecule has 0 aromatic heterocycles. The first kappa shape index (κ1) is 15.7. The van der Waals surface area contributed by atoms with E-state index in [1.54, 1.807) is 0 Å². The third-order valence-corrected chi connectivity index (χ3v) is 4.57. The van der Waals surface area contributed by atoms with Crippen LogP contribution in [0.25, 0.3) is 0 Å². The average molecular weight is 293 g/mol. The van der Waals surface area contributed by atoms with Crippen molar-refractivity contribution in [2.75, 3.05) is 49.6 Å². The van der Waals surface area contributed by atoms with Crippen molar-refractivity contribution in [3.63, 3.8) is 0 Å². The van der Waals surface area contributed by atoms with Crippen LogP contribution in [0, 0.1) is 6.92 Å². The van der Waals surface area contributed by atoms with Crippen LogP contribution in [0.15, 0.2) is 24.3 Å². The summed E-state index contributed by atoms with van der Waals surface area (Å²) in [7, 11) is 0. The van der Waals surface area contributed by atoms with Crippen LogP contribution in [-0.4, -0.2) is 55.7 Å². The molecule has 0 amide bonds. The van der Waals surface area contributed by atoms with Crippen LogP contribution in [0.5, 0.6) is 0 Å². The van der Waals surface area contributed by atoms with Crippen molar-refractivity contribution in [2.45, 2.75) is 19.4 Å². The van der Waals surface area contributed by atoms with E-state index in [-0.39, 0.29) is 0 Å². The zero-order valence-electron chi connectivity index (χ0n) is 12.7. The van der Waals surface area contributed by atoms with Gasteiger partial charge in [-0.3, -0.25) is 4.90 Å². The van der Waals surface area contributed by atoms with Crippen LogP contribution in [0.3, 0.4) is 0 Å². The zero-order valence-corrected chi connectivity index (χ0v) is 13.5. The Labute approximate surface area is 127 Å². The van der Waals surface area contributed by atoms with E-state index < -0.39 is 0 Å². The van der Waals surface area contributed by atoms with E-state index in [1.165, 1.54) is 17.0 Å². The lowest BCUT2D eigenvalue weighted by Gasteiger charge is -2.37. The molecule has 0 bridgehead atoms. The van der Waals surface area contributed by atoms with Gasteiger partial charge in [0.25, 0.3) is 0 Å². The molecule has 20 heavy (non-hydrogen) atoms. The van der Waals surface area contributed by atoms with Crippen LogP contribution in [-0.2, 0) is 0 Å². The molecule has 1 aliphatic rings. The topological polar surface area (TPSA) is 32.5 Å². The summed E-state index contributed by atoms with van der Waals surface area (Å²) < 4.78 is 0. The highest BCUT2D eigenvalue weighted by atomic mass is 32.2.